The third-order valence-electron chi connectivity index (χ3n) is 7.03. The van der Waals surface area contributed by atoms with Gasteiger partial charge in [-0.25, -0.2) is 14.5 Å². The number of halogens is 4. The van der Waals surface area contributed by atoms with Gasteiger partial charge in [0.15, 0.2) is 0 Å². The number of fused-ring (bicyclic) bond motifs is 1. The number of hydrogen-bond donors (Lipinski definition) is 1. The van der Waals surface area contributed by atoms with Gasteiger partial charge in [0.25, 0.3) is 11.5 Å². The maximum absolute atomic E-state index is 14.8. The number of carbonyl (C=O) groups excluding carboxylic acids is 1. The molecule has 12 heteroatoms. The summed E-state index contributed by atoms with van der Waals surface area (Å²) in [4.78, 5) is 33.4. The van der Waals surface area contributed by atoms with Crippen LogP contribution in [0.3, 0.4) is 0 Å². The summed E-state index contributed by atoms with van der Waals surface area (Å²) in [6.45, 7) is 1.65. The number of aromatic amines is 1. The van der Waals surface area contributed by atoms with Crippen LogP contribution >= 0.6 is 0 Å². The van der Waals surface area contributed by atoms with E-state index in [0.717, 1.165) is 0 Å². The van der Waals surface area contributed by atoms with Crippen LogP contribution in [-0.2, 0) is 12.8 Å². The summed E-state index contributed by atoms with van der Waals surface area (Å²) in [7, 11) is 0. The quantitative estimate of drug-likeness (QED) is 0.349. The van der Waals surface area contributed by atoms with Gasteiger partial charge in [-0.3, -0.25) is 9.59 Å². The number of pyridine rings is 1. The molecule has 1 aliphatic rings. The summed E-state index contributed by atoms with van der Waals surface area (Å²) in [5, 5.41) is 16.1. The van der Waals surface area contributed by atoms with Crippen LogP contribution in [0.5, 0.6) is 0 Å². The lowest BCUT2D eigenvalue weighted by Crippen LogP contribution is -2.49. The summed E-state index contributed by atoms with van der Waals surface area (Å²) in [5.41, 5.74) is 1.22. The highest BCUT2D eigenvalue weighted by molar-refractivity contribution is 5.95. The molecular weight excluding hydrogens is 540 g/mol. The van der Waals surface area contributed by atoms with Crippen LogP contribution in [0.1, 0.15) is 39.2 Å². The average molecular weight is 565 g/mol. The van der Waals surface area contributed by atoms with Crippen LogP contribution < -0.4 is 10.5 Å². The molecule has 2 aromatic carbocycles. The monoisotopic (exact) mass is 564 g/mol. The van der Waals surface area contributed by atoms with Crippen molar-refractivity contribution >= 4 is 22.5 Å². The minimum absolute atomic E-state index is 0.105. The Bertz CT molecular complexity index is 1690. The van der Waals surface area contributed by atoms with Crippen molar-refractivity contribution < 1.29 is 22.4 Å². The maximum atomic E-state index is 14.8. The van der Waals surface area contributed by atoms with Crippen LogP contribution in [0.25, 0.3) is 10.8 Å². The van der Waals surface area contributed by atoms with E-state index in [1.54, 1.807) is 17.0 Å². The number of benzene rings is 2. The highest BCUT2D eigenvalue weighted by Gasteiger charge is 2.27. The van der Waals surface area contributed by atoms with Crippen molar-refractivity contribution in [2.75, 3.05) is 31.1 Å². The Labute approximate surface area is 231 Å². The summed E-state index contributed by atoms with van der Waals surface area (Å²) in [6, 6.07) is 14.1. The van der Waals surface area contributed by atoms with Gasteiger partial charge in [0.2, 0.25) is 0 Å². The molecule has 210 valence electrons. The number of H-pyrrole nitrogens is 1. The van der Waals surface area contributed by atoms with Crippen LogP contribution in [0.15, 0.2) is 59.5 Å². The zero-order valence-electron chi connectivity index (χ0n) is 21.7. The molecule has 0 atom stereocenters. The predicted molar refractivity (Wildman–Crippen MR) is 143 cm³/mol. The molecule has 0 aliphatic carbocycles. The second-order valence-corrected chi connectivity index (χ2v) is 9.78. The number of nitriles is 1. The van der Waals surface area contributed by atoms with E-state index in [4.69, 9.17) is 5.26 Å². The molecule has 1 saturated heterocycles. The second-order valence-electron chi connectivity index (χ2n) is 9.78. The van der Waals surface area contributed by atoms with Crippen LogP contribution in [0.4, 0.5) is 23.4 Å². The van der Waals surface area contributed by atoms with Crippen molar-refractivity contribution in [2.24, 2.45) is 0 Å². The van der Waals surface area contributed by atoms with E-state index in [1.165, 1.54) is 42.6 Å². The number of alkyl halides is 3. The lowest BCUT2D eigenvalue weighted by molar-refractivity contribution is -0.134. The fourth-order valence-electron chi connectivity index (χ4n) is 4.83. The van der Waals surface area contributed by atoms with Gasteiger partial charge in [-0.2, -0.15) is 23.5 Å². The van der Waals surface area contributed by atoms with E-state index < -0.39 is 29.9 Å². The van der Waals surface area contributed by atoms with Crippen molar-refractivity contribution in [3.05, 3.63) is 98.8 Å². The van der Waals surface area contributed by atoms with Gasteiger partial charge >= 0.3 is 6.18 Å². The SMILES string of the molecule is N#Cc1ccc(N2CCN(C(=O)c3cc(Cc4n[nH]c(=O)c5ccc(CCC(F)(F)F)cc45)ccc3F)CC2)nc1. The number of piperazine rings is 1. The van der Waals surface area contributed by atoms with Crippen molar-refractivity contribution in [3.63, 3.8) is 0 Å². The van der Waals surface area contributed by atoms with Gasteiger partial charge in [0, 0.05) is 50.6 Å². The van der Waals surface area contributed by atoms with E-state index in [2.05, 4.69) is 15.2 Å². The van der Waals surface area contributed by atoms with Crippen molar-refractivity contribution in [1.29, 1.82) is 5.26 Å². The lowest BCUT2D eigenvalue weighted by Gasteiger charge is -2.35. The molecular formula is C29H24F4N6O2. The van der Waals surface area contributed by atoms with Crippen molar-refractivity contribution in [1.82, 2.24) is 20.1 Å². The molecule has 8 nitrogen and oxygen atoms in total. The molecule has 1 N–H and O–H groups in total. The Kier molecular flexibility index (Phi) is 7.70. The summed E-state index contributed by atoms with van der Waals surface area (Å²) < 4.78 is 53.0. The third-order valence-corrected chi connectivity index (χ3v) is 7.03. The number of amides is 1. The Balaban J connectivity index is 1.33. The molecule has 0 unspecified atom stereocenters. The first-order valence-corrected chi connectivity index (χ1v) is 12.9. The highest BCUT2D eigenvalue weighted by atomic mass is 19.4. The fourth-order valence-corrected chi connectivity index (χ4v) is 4.83. The maximum Gasteiger partial charge on any atom is 0.389 e. The molecule has 2 aromatic heterocycles. The minimum atomic E-state index is -4.31. The smallest absolute Gasteiger partial charge is 0.353 e. The summed E-state index contributed by atoms with van der Waals surface area (Å²) in [6.07, 6.45) is -3.94. The van der Waals surface area contributed by atoms with Gasteiger partial charge in [-0.05, 0) is 53.9 Å². The standard InChI is InChI=1S/C29H24F4N6O2/c30-24-5-2-19(15-25-22-13-18(7-8-29(31,32)33)1-4-21(22)27(40)37-36-25)14-23(24)28(41)39-11-9-38(10-12-39)26-6-3-20(16-34)17-35-26/h1-6,13-14,17H,7-12,15H2,(H,37,40). The first-order chi connectivity index (χ1) is 19.6. The number of nitrogens with one attached hydrogen (secondary N) is 1. The largest absolute Gasteiger partial charge is 0.389 e. The lowest BCUT2D eigenvalue weighted by atomic mass is 9.99. The first-order valence-electron chi connectivity index (χ1n) is 12.9. The van der Waals surface area contributed by atoms with E-state index in [0.29, 0.717) is 59.8 Å². The van der Waals surface area contributed by atoms with Crippen LogP contribution in [-0.4, -0.2) is 58.3 Å². The predicted octanol–water partition coefficient (Wildman–Crippen LogP) is 4.38. The molecule has 0 radical (unpaired) electrons. The van der Waals surface area contributed by atoms with Gasteiger partial charge in [0.1, 0.15) is 17.7 Å². The van der Waals surface area contributed by atoms with Gasteiger partial charge in [-0.15, -0.1) is 0 Å². The Morgan fingerprint density at radius 2 is 1.76 bits per heavy atom. The fraction of sp³-hybridized carbons (Fsp3) is 0.276. The van der Waals surface area contributed by atoms with Crippen molar-refractivity contribution in [3.8, 4) is 6.07 Å². The van der Waals surface area contributed by atoms with Gasteiger partial charge < -0.3 is 9.80 Å². The first kappa shape index (κ1) is 27.8. The Morgan fingerprint density at radius 1 is 1.00 bits per heavy atom. The molecule has 1 amide bonds. The van der Waals surface area contributed by atoms with Crippen LogP contribution in [0, 0.1) is 17.1 Å². The minimum Gasteiger partial charge on any atom is -0.353 e. The zero-order valence-corrected chi connectivity index (χ0v) is 21.7. The molecule has 1 fully saturated rings. The molecule has 3 heterocycles. The summed E-state index contributed by atoms with van der Waals surface area (Å²) >= 11 is 0. The second kappa shape index (κ2) is 11.4. The number of anilines is 1. The Morgan fingerprint density at radius 3 is 2.44 bits per heavy atom. The van der Waals surface area contributed by atoms with Gasteiger partial charge in [0.05, 0.1) is 22.2 Å². The van der Waals surface area contributed by atoms with E-state index >= 15 is 0 Å². The molecule has 0 saturated carbocycles. The average Bonchev–Trinajstić information content (AvgIpc) is 2.98. The molecule has 41 heavy (non-hydrogen) atoms. The number of aromatic nitrogens is 3. The van der Waals surface area contributed by atoms with Crippen molar-refractivity contribution in [2.45, 2.75) is 25.4 Å². The van der Waals surface area contributed by atoms with Gasteiger partial charge in [-0.1, -0.05) is 12.1 Å². The number of rotatable bonds is 6. The van der Waals surface area contributed by atoms with Crippen LogP contribution in [0.2, 0.25) is 0 Å². The number of aryl methyl sites for hydroxylation is 1. The number of carbonyl (C=O) groups is 1. The van der Waals surface area contributed by atoms with E-state index in [9.17, 15) is 27.2 Å². The van der Waals surface area contributed by atoms with E-state index in [-0.39, 0.29) is 23.8 Å². The third kappa shape index (κ3) is 6.35. The van der Waals surface area contributed by atoms with E-state index in [1.807, 2.05) is 11.0 Å². The zero-order chi connectivity index (χ0) is 29.1. The molecule has 1 aliphatic heterocycles. The Hall–Kier alpha value is -4.79. The number of hydrogen-bond acceptors (Lipinski definition) is 6. The topological polar surface area (TPSA) is 106 Å². The molecule has 4 aromatic rings. The normalized spacial score (nSPS) is 13.8. The number of nitrogens with zero attached hydrogens (tertiary/aromatic N) is 5. The summed E-state index contributed by atoms with van der Waals surface area (Å²) in [5.74, 6) is -0.458. The molecule has 0 bridgehead atoms. The molecule has 0 spiro atoms. The molecule has 5 rings (SSSR count). The highest BCUT2D eigenvalue weighted by Crippen LogP contribution is 2.25.